The van der Waals surface area contributed by atoms with Crippen molar-refractivity contribution in [2.24, 2.45) is 0 Å². The Bertz CT molecular complexity index is 1150. The summed E-state index contributed by atoms with van der Waals surface area (Å²) < 4.78 is 24.2. The van der Waals surface area contributed by atoms with Gasteiger partial charge in [-0.2, -0.15) is 5.10 Å². The van der Waals surface area contributed by atoms with Crippen LogP contribution in [0, 0.1) is 0 Å². The molecule has 0 radical (unpaired) electrons. The third-order valence-electron chi connectivity index (χ3n) is 4.79. The SMILES string of the molecule is COc1ccc(CC(=O)Nc2c3c(nn2-c2cccc(Cl)c2)C[S@](=O)C3)cc1OC. The summed E-state index contributed by atoms with van der Waals surface area (Å²) in [5.74, 6) is 2.21. The fraction of sp³-hybridized carbons (Fsp3) is 0.238. The number of carbonyl (C=O) groups excluding carboxylic acids is 1. The van der Waals surface area contributed by atoms with Crippen molar-refractivity contribution in [3.8, 4) is 17.2 Å². The Kier molecular flexibility index (Phi) is 5.78. The number of halogens is 1. The van der Waals surface area contributed by atoms with Crippen molar-refractivity contribution < 1.29 is 18.5 Å². The summed E-state index contributed by atoms with van der Waals surface area (Å²) in [6.45, 7) is 0. The molecule has 0 aliphatic carbocycles. The molecule has 1 aromatic heterocycles. The molecule has 1 N–H and O–H groups in total. The molecule has 30 heavy (non-hydrogen) atoms. The van der Waals surface area contributed by atoms with Crippen molar-refractivity contribution in [3.63, 3.8) is 0 Å². The maximum absolute atomic E-state index is 12.8. The zero-order chi connectivity index (χ0) is 21.3. The molecule has 2 aromatic carbocycles. The predicted molar refractivity (Wildman–Crippen MR) is 116 cm³/mol. The second-order valence-corrected chi connectivity index (χ2v) is 8.70. The second-order valence-electron chi connectivity index (χ2n) is 6.81. The monoisotopic (exact) mass is 445 g/mol. The van der Waals surface area contributed by atoms with E-state index >= 15 is 0 Å². The first-order valence-corrected chi connectivity index (χ1v) is 11.1. The number of nitrogens with one attached hydrogen (secondary N) is 1. The summed E-state index contributed by atoms with van der Waals surface area (Å²) >= 11 is 6.13. The van der Waals surface area contributed by atoms with Crippen LogP contribution < -0.4 is 14.8 Å². The van der Waals surface area contributed by atoms with Crippen LogP contribution in [-0.4, -0.2) is 34.1 Å². The molecular weight excluding hydrogens is 426 g/mol. The highest BCUT2D eigenvalue weighted by atomic mass is 35.5. The maximum Gasteiger partial charge on any atom is 0.229 e. The number of hydrogen-bond donors (Lipinski definition) is 1. The molecule has 3 aromatic rings. The molecule has 7 nitrogen and oxygen atoms in total. The van der Waals surface area contributed by atoms with Gasteiger partial charge in [-0.05, 0) is 35.9 Å². The van der Waals surface area contributed by atoms with Gasteiger partial charge in [0.05, 0.1) is 43.5 Å². The average molecular weight is 446 g/mol. The van der Waals surface area contributed by atoms with E-state index in [0.717, 1.165) is 22.5 Å². The first-order valence-electron chi connectivity index (χ1n) is 9.21. The minimum absolute atomic E-state index is 0.138. The molecule has 1 aliphatic heterocycles. The number of benzene rings is 2. The number of fused-ring (bicyclic) bond motifs is 1. The van der Waals surface area contributed by atoms with Gasteiger partial charge in [0, 0.05) is 21.4 Å². The third kappa shape index (κ3) is 4.06. The largest absolute Gasteiger partial charge is 0.493 e. The molecule has 1 aliphatic rings. The van der Waals surface area contributed by atoms with Crippen LogP contribution in [0.1, 0.15) is 16.8 Å². The summed E-state index contributed by atoms with van der Waals surface area (Å²) in [6.07, 6.45) is 0.138. The summed E-state index contributed by atoms with van der Waals surface area (Å²) in [6, 6.07) is 12.6. The predicted octanol–water partition coefficient (Wildman–Crippen LogP) is 3.49. The van der Waals surface area contributed by atoms with E-state index in [4.69, 9.17) is 21.1 Å². The lowest BCUT2D eigenvalue weighted by atomic mass is 10.1. The van der Waals surface area contributed by atoms with Gasteiger partial charge in [0.15, 0.2) is 11.5 Å². The van der Waals surface area contributed by atoms with Gasteiger partial charge in [0.1, 0.15) is 5.82 Å². The highest BCUT2D eigenvalue weighted by Crippen LogP contribution is 2.32. The van der Waals surface area contributed by atoms with E-state index in [1.165, 1.54) is 0 Å². The minimum atomic E-state index is -1.01. The Morgan fingerprint density at radius 3 is 2.70 bits per heavy atom. The van der Waals surface area contributed by atoms with E-state index in [0.29, 0.717) is 33.8 Å². The molecular formula is C21H20ClN3O4S. The molecule has 0 spiro atoms. The third-order valence-corrected chi connectivity index (χ3v) is 6.23. The highest BCUT2D eigenvalue weighted by Gasteiger charge is 2.28. The van der Waals surface area contributed by atoms with E-state index in [-0.39, 0.29) is 12.3 Å². The van der Waals surface area contributed by atoms with Crippen LogP contribution in [0.25, 0.3) is 5.69 Å². The Labute approximate surface area is 181 Å². The normalized spacial score (nSPS) is 15.0. The zero-order valence-corrected chi connectivity index (χ0v) is 18.0. The average Bonchev–Trinajstić information content (AvgIpc) is 3.24. The fourth-order valence-corrected chi connectivity index (χ4v) is 4.85. The van der Waals surface area contributed by atoms with E-state index in [9.17, 15) is 9.00 Å². The number of hydrogen-bond acceptors (Lipinski definition) is 5. The van der Waals surface area contributed by atoms with Gasteiger partial charge in [-0.3, -0.25) is 9.00 Å². The number of amides is 1. The van der Waals surface area contributed by atoms with E-state index in [1.807, 2.05) is 18.2 Å². The van der Waals surface area contributed by atoms with Crippen LogP contribution in [0.15, 0.2) is 42.5 Å². The lowest BCUT2D eigenvalue weighted by Crippen LogP contribution is -2.18. The molecule has 1 amide bonds. The van der Waals surface area contributed by atoms with Crippen molar-refractivity contribution in [2.75, 3.05) is 19.5 Å². The summed E-state index contributed by atoms with van der Waals surface area (Å²) in [7, 11) is 2.10. The second kappa shape index (κ2) is 8.49. The lowest BCUT2D eigenvalue weighted by Gasteiger charge is -2.12. The topological polar surface area (TPSA) is 82.5 Å². The first kappa shape index (κ1) is 20.4. The Balaban J connectivity index is 1.62. The summed E-state index contributed by atoms with van der Waals surface area (Å²) in [5.41, 5.74) is 3.03. The number of nitrogens with zero attached hydrogens (tertiary/aromatic N) is 2. The molecule has 0 saturated carbocycles. The number of anilines is 1. The molecule has 156 valence electrons. The zero-order valence-electron chi connectivity index (χ0n) is 16.5. The van der Waals surface area contributed by atoms with Gasteiger partial charge < -0.3 is 14.8 Å². The molecule has 0 unspecified atom stereocenters. The molecule has 0 fully saturated rings. The van der Waals surface area contributed by atoms with Crippen molar-refractivity contribution in [3.05, 3.63) is 64.3 Å². The summed E-state index contributed by atoms with van der Waals surface area (Å²) in [5, 5.41) is 8.10. The Morgan fingerprint density at radius 1 is 1.17 bits per heavy atom. The molecule has 1 atom stereocenters. The van der Waals surface area contributed by atoms with Gasteiger partial charge in [-0.15, -0.1) is 0 Å². The van der Waals surface area contributed by atoms with Crippen LogP contribution in [0.3, 0.4) is 0 Å². The van der Waals surface area contributed by atoms with Crippen LogP contribution in [-0.2, 0) is 33.5 Å². The first-order chi connectivity index (χ1) is 14.5. The standard InChI is InChI=1S/C21H20ClN3O4S/c1-28-18-7-6-13(8-19(18)29-2)9-20(26)23-21-16-11-30(27)12-17(16)24-25(21)15-5-3-4-14(22)10-15/h3-8,10H,9,11-12H2,1-2H3,(H,23,26)/t30-/m1/s1. The van der Waals surface area contributed by atoms with E-state index < -0.39 is 10.8 Å². The maximum atomic E-state index is 12.8. The van der Waals surface area contributed by atoms with E-state index in [1.54, 1.807) is 43.2 Å². The quantitative estimate of drug-likeness (QED) is 0.628. The van der Waals surface area contributed by atoms with Crippen LogP contribution >= 0.6 is 11.6 Å². The minimum Gasteiger partial charge on any atom is -0.493 e. The number of aromatic nitrogens is 2. The number of methoxy groups -OCH3 is 2. The number of carbonyl (C=O) groups is 1. The van der Waals surface area contributed by atoms with Crippen molar-refractivity contribution >= 4 is 34.1 Å². The molecule has 2 heterocycles. The molecule has 0 bridgehead atoms. The Hall–Kier alpha value is -2.84. The molecule has 9 heteroatoms. The number of ether oxygens (including phenoxy) is 2. The van der Waals surface area contributed by atoms with Crippen molar-refractivity contribution in [1.82, 2.24) is 9.78 Å². The molecule has 0 saturated heterocycles. The highest BCUT2D eigenvalue weighted by molar-refractivity contribution is 7.83. The lowest BCUT2D eigenvalue weighted by molar-refractivity contribution is -0.115. The van der Waals surface area contributed by atoms with Gasteiger partial charge in [-0.1, -0.05) is 23.7 Å². The van der Waals surface area contributed by atoms with Crippen LogP contribution in [0.4, 0.5) is 5.82 Å². The Morgan fingerprint density at radius 2 is 1.97 bits per heavy atom. The van der Waals surface area contributed by atoms with Gasteiger partial charge in [0.25, 0.3) is 0 Å². The van der Waals surface area contributed by atoms with Crippen LogP contribution in [0.5, 0.6) is 11.5 Å². The smallest absolute Gasteiger partial charge is 0.229 e. The van der Waals surface area contributed by atoms with Crippen molar-refractivity contribution in [1.29, 1.82) is 0 Å². The fourth-order valence-electron chi connectivity index (χ4n) is 3.40. The van der Waals surface area contributed by atoms with Gasteiger partial charge in [-0.25, -0.2) is 4.68 Å². The van der Waals surface area contributed by atoms with Gasteiger partial charge >= 0.3 is 0 Å². The van der Waals surface area contributed by atoms with Crippen LogP contribution in [0.2, 0.25) is 5.02 Å². The van der Waals surface area contributed by atoms with E-state index in [2.05, 4.69) is 10.4 Å². The molecule has 4 rings (SSSR count). The summed E-state index contributed by atoms with van der Waals surface area (Å²) in [4.78, 5) is 12.8. The number of rotatable bonds is 6. The van der Waals surface area contributed by atoms with Crippen molar-refractivity contribution in [2.45, 2.75) is 17.9 Å². The van der Waals surface area contributed by atoms with Gasteiger partial charge in [0.2, 0.25) is 5.91 Å².